The van der Waals surface area contributed by atoms with Crippen molar-refractivity contribution in [1.29, 1.82) is 0 Å². The highest BCUT2D eigenvalue weighted by atomic mass is 16.6. The van der Waals surface area contributed by atoms with Crippen molar-refractivity contribution in [2.45, 2.75) is 78.5 Å². The first-order chi connectivity index (χ1) is 19.8. The third-order valence-corrected chi connectivity index (χ3v) is 6.71. The molecular weight excluding hydrogens is 532 g/mol. The molecule has 0 spiro atoms. The van der Waals surface area contributed by atoms with E-state index >= 15 is 0 Å². The van der Waals surface area contributed by atoms with Gasteiger partial charge in [0.25, 0.3) is 5.91 Å². The maximum atomic E-state index is 14.2. The second-order valence-electron chi connectivity index (χ2n) is 11.5. The number of alkyl carbamates (subject to hydrolysis) is 1. The van der Waals surface area contributed by atoms with E-state index < -0.39 is 41.5 Å². The van der Waals surface area contributed by atoms with Crippen LogP contribution in [-0.4, -0.2) is 46.9 Å². The van der Waals surface area contributed by atoms with Gasteiger partial charge in [-0.05, 0) is 81.5 Å². The molecule has 0 fully saturated rings. The van der Waals surface area contributed by atoms with E-state index in [9.17, 15) is 19.2 Å². The summed E-state index contributed by atoms with van der Waals surface area (Å²) in [6, 6.07) is 17.0. The number of nitrogens with two attached hydrogens (primary N) is 1. The van der Waals surface area contributed by atoms with Crippen molar-refractivity contribution in [2.75, 3.05) is 11.9 Å². The first-order valence-electron chi connectivity index (χ1n) is 14.2. The first-order valence-corrected chi connectivity index (χ1v) is 14.2. The van der Waals surface area contributed by atoms with E-state index in [1.165, 1.54) is 4.90 Å². The van der Waals surface area contributed by atoms with Gasteiger partial charge in [0.05, 0.1) is 0 Å². The Morgan fingerprint density at radius 3 is 2.26 bits per heavy atom. The summed E-state index contributed by atoms with van der Waals surface area (Å²) in [6.45, 7) is 11.1. The van der Waals surface area contributed by atoms with Crippen molar-refractivity contribution < 1.29 is 23.9 Å². The van der Waals surface area contributed by atoms with Crippen molar-refractivity contribution in [3.05, 3.63) is 77.4 Å². The zero-order valence-electron chi connectivity index (χ0n) is 25.3. The molecule has 3 aromatic rings. The second-order valence-corrected chi connectivity index (χ2v) is 11.5. The molecule has 3 rings (SSSR count). The molecule has 3 aromatic carbocycles. The van der Waals surface area contributed by atoms with Gasteiger partial charge in [-0.1, -0.05) is 61.0 Å². The van der Waals surface area contributed by atoms with Crippen molar-refractivity contribution in [3.8, 4) is 0 Å². The second kappa shape index (κ2) is 14.0. The fraction of sp³-hybridized carbons (Fsp3) is 0.394. The molecule has 2 atom stereocenters. The van der Waals surface area contributed by atoms with E-state index in [0.717, 1.165) is 21.9 Å². The number of hydrogen-bond acceptors (Lipinski definition) is 5. The summed E-state index contributed by atoms with van der Waals surface area (Å²) in [5.74, 6) is -1.52. The van der Waals surface area contributed by atoms with Gasteiger partial charge in [-0.3, -0.25) is 14.4 Å². The zero-order valence-corrected chi connectivity index (χ0v) is 25.3. The van der Waals surface area contributed by atoms with Crippen LogP contribution >= 0.6 is 0 Å². The molecule has 0 saturated carbocycles. The van der Waals surface area contributed by atoms with Crippen molar-refractivity contribution in [2.24, 2.45) is 5.73 Å². The number of hydrogen-bond donors (Lipinski definition) is 3. The molecule has 0 aliphatic heterocycles. The molecule has 4 N–H and O–H groups in total. The number of carbonyl (C=O) groups excluding carboxylic acids is 4. The highest BCUT2D eigenvalue weighted by Gasteiger charge is 2.36. The smallest absolute Gasteiger partial charge is 0.408 e. The van der Waals surface area contributed by atoms with E-state index in [1.807, 2.05) is 81.4 Å². The molecule has 224 valence electrons. The predicted octanol–water partition coefficient (Wildman–Crippen LogP) is 5.53. The fourth-order valence-corrected chi connectivity index (χ4v) is 4.86. The number of fused-ring (bicyclic) bond motifs is 1. The van der Waals surface area contributed by atoms with E-state index in [0.29, 0.717) is 17.7 Å². The van der Waals surface area contributed by atoms with Gasteiger partial charge >= 0.3 is 6.09 Å². The average molecular weight is 575 g/mol. The predicted molar refractivity (Wildman–Crippen MR) is 165 cm³/mol. The molecule has 0 aliphatic rings. The summed E-state index contributed by atoms with van der Waals surface area (Å²) in [7, 11) is 0. The van der Waals surface area contributed by atoms with E-state index in [2.05, 4.69) is 10.6 Å². The Labute approximate surface area is 247 Å². The molecule has 9 heteroatoms. The number of nitrogens with one attached hydrogen (secondary N) is 2. The number of anilines is 1. The van der Waals surface area contributed by atoms with Crippen LogP contribution in [0.5, 0.6) is 0 Å². The molecule has 0 bridgehead atoms. The van der Waals surface area contributed by atoms with E-state index in [-0.39, 0.29) is 19.4 Å². The SMILES string of the molecule is CCCN(C(=O)C(CCC(N)=O)NC(=O)OC(C)(C)C)C(C(=O)Nc1ccc2ccccc2c1)c1ccc(C)cc1C. The summed E-state index contributed by atoms with van der Waals surface area (Å²) in [5.41, 5.74) is 7.71. The van der Waals surface area contributed by atoms with Crippen LogP contribution in [0.4, 0.5) is 10.5 Å². The normalized spacial score (nSPS) is 12.7. The van der Waals surface area contributed by atoms with Crippen LogP contribution < -0.4 is 16.4 Å². The first kappa shape index (κ1) is 32.1. The highest BCUT2D eigenvalue weighted by molar-refractivity contribution is 6.00. The van der Waals surface area contributed by atoms with Crippen LogP contribution in [-0.2, 0) is 19.1 Å². The number of primary amides is 1. The number of carbonyl (C=O) groups is 4. The number of aryl methyl sites for hydroxylation is 2. The molecular formula is C33H42N4O5. The lowest BCUT2D eigenvalue weighted by Gasteiger charge is -2.35. The van der Waals surface area contributed by atoms with Gasteiger partial charge in [-0.2, -0.15) is 0 Å². The largest absolute Gasteiger partial charge is 0.444 e. The molecule has 0 aliphatic carbocycles. The summed E-state index contributed by atoms with van der Waals surface area (Å²) < 4.78 is 5.39. The maximum Gasteiger partial charge on any atom is 0.408 e. The number of ether oxygens (including phenoxy) is 1. The molecule has 4 amide bonds. The van der Waals surface area contributed by atoms with Gasteiger partial charge < -0.3 is 26.0 Å². The Hall–Kier alpha value is -4.40. The number of amides is 4. The standard InChI is InChI=1S/C33H42N4O5/c1-7-18-37(31(40)27(16-17-28(34)38)36-32(41)42-33(4,5)6)29(26-15-12-21(2)19-22(26)3)30(39)35-25-14-13-23-10-8-9-11-24(23)20-25/h8-15,19-20,27,29H,7,16-18H2,1-6H3,(H2,34,38)(H,35,39)(H,36,41). The quantitative estimate of drug-likeness (QED) is 0.277. The topological polar surface area (TPSA) is 131 Å². The molecule has 0 saturated heterocycles. The van der Waals surface area contributed by atoms with Gasteiger partial charge in [-0.25, -0.2) is 4.79 Å². The molecule has 9 nitrogen and oxygen atoms in total. The molecule has 2 unspecified atom stereocenters. The van der Waals surface area contributed by atoms with Crippen LogP contribution in [0.2, 0.25) is 0 Å². The van der Waals surface area contributed by atoms with E-state index in [1.54, 1.807) is 20.8 Å². The Bertz CT molecular complexity index is 1450. The Kier molecular flexibility index (Phi) is 10.7. The minimum atomic E-state index is -1.14. The van der Waals surface area contributed by atoms with Crippen molar-refractivity contribution in [3.63, 3.8) is 0 Å². The fourth-order valence-electron chi connectivity index (χ4n) is 4.86. The van der Waals surface area contributed by atoms with Gasteiger partial charge in [0.2, 0.25) is 11.8 Å². The summed E-state index contributed by atoms with van der Waals surface area (Å²) in [5, 5.41) is 7.63. The lowest BCUT2D eigenvalue weighted by atomic mass is 9.95. The Morgan fingerprint density at radius 2 is 1.64 bits per heavy atom. The average Bonchev–Trinajstić information content (AvgIpc) is 2.90. The van der Waals surface area contributed by atoms with E-state index in [4.69, 9.17) is 10.5 Å². The Morgan fingerprint density at radius 1 is 0.952 bits per heavy atom. The highest BCUT2D eigenvalue weighted by Crippen LogP contribution is 2.29. The van der Waals surface area contributed by atoms with Crippen molar-refractivity contribution >= 4 is 40.3 Å². The van der Waals surface area contributed by atoms with Crippen LogP contribution in [0.15, 0.2) is 60.7 Å². The van der Waals surface area contributed by atoms with Gasteiger partial charge in [-0.15, -0.1) is 0 Å². The molecule has 42 heavy (non-hydrogen) atoms. The van der Waals surface area contributed by atoms with Gasteiger partial charge in [0.1, 0.15) is 17.7 Å². The summed E-state index contributed by atoms with van der Waals surface area (Å²) in [4.78, 5) is 54.2. The summed E-state index contributed by atoms with van der Waals surface area (Å²) >= 11 is 0. The third-order valence-electron chi connectivity index (χ3n) is 6.71. The minimum absolute atomic E-state index is 0.0421. The summed E-state index contributed by atoms with van der Waals surface area (Å²) in [6.07, 6.45) is -0.431. The maximum absolute atomic E-state index is 14.2. The number of rotatable bonds is 11. The zero-order chi connectivity index (χ0) is 31.0. The van der Waals surface area contributed by atoms with Gasteiger partial charge in [0, 0.05) is 18.7 Å². The third kappa shape index (κ3) is 8.80. The monoisotopic (exact) mass is 574 g/mol. The van der Waals surface area contributed by atoms with Crippen LogP contribution in [0, 0.1) is 13.8 Å². The Balaban J connectivity index is 2.04. The van der Waals surface area contributed by atoms with Crippen LogP contribution in [0.1, 0.15) is 69.7 Å². The lowest BCUT2D eigenvalue weighted by molar-refractivity contribution is -0.141. The lowest BCUT2D eigenvalue weighted by Crippen LogP contribution is -2.53. The molecule has 0 heterocycles. The van der Waals surface area contributed by atoms with Crippen LogP contribution in [0.25, 0.3) is 10.8 Å². The van der Waals surface area contributed by atoms with Gasteiger partial charge in [0.15, 0.2) is 0 Å². The van der Waals surface area contributed by atoms with Crippen LogP contribution in [0.3, 0.4) is 0 Å². The van der Waals surface area contributed by atoms with Crippen molar-refractivity contribution in [1.82, 2.24) is 10.2 Å². The molecule has 0 radical (unpaired) electrons. The number of benzene rings is 3. The minimum Gasteiger partial charge on any atom is -0.444 e. The molecule has 0 aromatic heterocycles. The number of nitrogens with zero attached hydrogens (tertiary/aromatic N) is 1.